The molecule has 0 amide bonds. The first-order chi connectivity index (χ1) is 9.34. The van der Waals surface area contributed by atoms with Crippen LogP contribution in [0.25, 0.3) is 10.8 Å². The molecule has 1 saturated heterocycles. The number of anilines is 1. The molecular formula is C15H16ClN3. The van der Waals surface area contributed by atoms with Crippen molar-refractivity contribution in [3.63, 3.8) is 0 Å². The van der Waals surface area contributed by atoms with Crippen LogP contribution in [0.5, 0.6) is 0 Å². The minimum absolute atomic E-state index is 0.616. The fourth-order valence-electron chi connectivity index (χ4n) is 3.41. The molecule has 2 aliphatic heterocycles. The molecule has 0 bridgehead atoms. The number of nitrogens with zero attached hydrogens (tertiary/aromatic N) is 2. The lowest BCUT2D eigenvalue weighted by Gasteiger charge is -2.35. The van der Waals surface area contributed by atoms with Gasteiger partial charge in [0.25, 0.3) is 0 Å². The van der Waals surface area contributed by atoms with Crippen LogP contribution < -0.4 is 10.2 Å². The van der Waals surface area contributed by atoms with E-state index in [4.69, 9.17) is 11.6 Å². The molecule has 1 fully saturated rings. The highest BCUT2D eigenvalue weighted by Gasteiger charge is 2.28. The summed E-state index contributed by atoms with van der Waals surface area (Å²) in [4.78, 5) is 6.86. The van der Waals surface area contributed by atoms with Gasteiger partial charge in [-0.05, 0) is 25.5 Å². The van der Waals surface area contributed by atoms with Gasteiger partial charge < -0.3 is 10.2 Å². The number of hydrogen-bond donors (Lipinski definition) is 1. The van der Waals surface area contributed by atoms with Crippen LogP contribution in [0.2, 0.25) is 5.15 Å². The average Bonchev–Trinajstić information content (AvgIpc) is 2.97. The largest absolute Gasteiger partial charge is 0.366 e. The smallest absolute Gasteiger partial charge is 0.132 e. The van der Waals surface area contributed by atoms with E-state index in [1.54, 1.807) is 0 Å². The Morgan fingerprint density at radius 3 is 3.16 bits per heavy atom. The molecule has 0 saturated carbocycles. The molecule has 19 heavy (non-hydrogen) atoms. The van der Waals surface area contributed by atoms with Crippen molar-refractivity contribution in [2.24, 2.45) is 0 Å². The summed E-state index contributed by atoms with van der Waals surface area (Å²) < 4.78 is 0. The Morgan fingerprint density at radius 2 is 2.32 bits per heavy atom. The third-order valence-electron chi connectivity index (χ3n) is 4.33. The van der Waals surface area contributed by atoms with Crippen LogP contribution in [0.3, 0.4) is 0 Å². The van der Waals surface area contributed by atoms with E-state index in [0.29, 0.717) is 11.2 Å². The number of nitrogens with one attached hydrogen (secondary N) is 1. The molecule has 3 nitrogen and oxygen atoms in total. The maximum absolute atomic E-state index is 6.27. The number of halogens is 1. The molecule has 1 aromatic carbocycles. The van der Waals surface area contributed by atoms with Crippen LogP contribution in [0.4, 0.5) is 5.69 Å². The Balaban J connectivity index is 1.92. The van der Waals surface area contributed by atoms with E-state index in [-0.39, 0.29) is 0 Å². The molecule has 2 aromatic rings. The van der Waals surface area contributed by atoms with Crippen molar-refractivity contribution < 1.29 is 0 Å². The molecule has 98 valence electrons. The van der Waals surface area contributed by atoms with Crippen LogP contribution in [0, 0.1) is 0 Å². The first-order valence-electron chi connectivity index (χ1n) is 6.88. The minimum Gasteiger partial charge on any atom is -0.366 e. The van der Waals surface area contributed by atoms with E-state index in [1.165, 1.54) is 28.4 Å². The zero-order valence-corrected chi connectivity index (χ0v) is 11.5. The number of aromatic nitrogens is 1. The van der Waals surface area contributed by atoms with Crippen molar-refractivity contribution in [2.75, 3.05) is 24.5 Å². The van der Waals surface area contributed by atoms with Gasteiger partial charge >= 0.3 is 0 Å². The Kier molecular flexibility index (Phi) is 2.64. The number of rotatable bonds is 1. The highest BCUT2D eigenvalue weighted by Crippen LogP contribution is 2.37. The fourth-order valence-corrected chi connectivity index (χ4v) is 3.64. The summed E-state index contributed by atoms with van der Waals surface area (Å²) >= 11 is 6.27. The number of pyridine rings is 1. The lowest BCUT2D eigenvalue weighted by Crippen LogP contribution is -2.40. The third kappa shape index (κ3) is 1.72. The summed E-state index contributed by atoms with van der Waals surface area (Å²) in [6.07, 6.45) is 4.11. The fraction of sp³-hybridized carbons (Fsp3) is 0.400. The van der Waals surface area contributed by atoms with Gasteiger partial charge in [-0.25, -0.2) is 4.98 Å². The van der Waals surface area contributed by atoms with Gasteiger partial charge in [-0.2, -0.15) is 0 Å². The molecule has 0 spiro atoms. The van der Waals surface area contributed by atoms with Crippen LogP contribution in [0.15, 0.2) is 24.4 Å². The standard InChI is InChI=1S/C15H16ClN3/c16-15-12-5-7-19(11-4-6-17-9-11)13-3-1-2-10(8-18-15)14(12)13/h1-3,8,11,17H,4-7,9H2. The van der Waals surface area contributed by atoms with E-state index in [2.05, 4.69) is 33.4 Å². The van der Waals surface area contributed by atoms with Crippen molar-refractivity contribution in [3.05, 3.63) is 35.1 Å². The summed E-state index contributed by atoms with van der Waals surface area (Å²) in [5, 5.41) is 6.64. The van der Waals surface area contributed by atoms with Crippen molar-refractivity contribution >= 4 is 28.1 Å². The molecular weight excluding hydrogens is 258 g/mol. The maximum atomic E-state index is 6.27. The van der Waals surface area contributed by atoms with E-state index in [0.717, 1.165) is 26.1 Å². The van der Waals surface area contributed by atoms with Crippen LogP contribution >= 0.6 is 11.6 Å². The van der Waals surface area contributed by atoms with Gasteiger partial charge in [0.05, 0.1) is 0 Å². The van der Waals surface area contributed by atoms with Crippen LogP contribution in [-0.2, 0) is 6.42 Å². The van der Waals surface area contributed by atoms with Gasteiger partial charge in [-0.3, -0.25) is 0 Å². The normalized spacial score (nSPS) is 22.2. The summed E-state index contributed by atoms with van der Waals surface area (Å²) in [5.41, 5.74) is 2.55. The third-order valence-corrected chi connectivity index (χ3v) is 4.66. The van der Waals surface area contributed by atoms with Gasteiger partial charge in [0.2, 0.25) is 0 Å². The first kappa shape index (κ1) is 11.5. The molecule has 0 radical (unpaired) electrons. The highest BCUT2D eigenvalue weighted by atomic mass is 35.5. The summed E-state index contributed by atoms with van der Waals surface area (Å²) in [6.45, 7) is 3.26. The topological polar surface area (TPSA) is 28.2 Å². The SMILES string of the molecule is Clc1ncc2cccc3c2c1CCN3C1CCNC1. The maximum Gasteiger partial charge on any atom is 0.132 e. The summed E-state index contributed by atoms with van der Waals surface area (Å²) in [6, 6.07) is 7.09. The minimum atomic E-state index is 0.616. The summed E-state index contributed by atoms with van der Waals surface area (Å²) in [7, 11) is 0. The molecule has 3 heterocycles. The zero-order valence-electron chi connectivity index (χ0n) is 10.7. The molecule has 1 aromatic heterocycles. The predicted octanol–water partition coefficient (Wildman–Crippen LogP) is 2.61. The Morgan fingerprint density at radius 1 is 1.37 bits per heavy atom. The molecule has 4 heteroatoms. The molecule has 2 aliphatic rings. The lowest BCUT2D eigenvalue weighted by molar-refractivity contribution is 0.627. The number of hydrogen-bond acceptors (Lipinski definition) is 3. The van der Waals surface area contributed by atoms with Crippen molar-refractivity contribution in [2.45, 2.75) is 18.9 Å². The van der Waals surface area contributed by atoms with Crippen molar-refractivity contribution in [1.82, 2.24) is 10.3 Å². The van der Waals surface area contributed by atoms with E-state index < -0.39 is 0 Å². The Labute approximate surface area is 117 Å². The van der Waals surface area contributed by atoms with Gasteiger partial charge in [-0.15, -0.1) is 0 Å². The van der Waals surface area contributed by atoms with E-state index >= 15 is 0 Å². The van der Waals surface area contributed by atoms with Gasteiger partial charge in [0.15, 0.2) is 0 Å². The zero-order chi connectivity index (χ0) is 12.8. The Bertz CT molecular complexity index is 635. The second-order valence-electron chi connectivity index (χ2n) is 5.36. The Hall–Kier alpha value is -1.32. The van der Waals surface area contributed by atoms with Gasteiger partial charge in [-0.1, -0.05) is 23.7 Å². The van der Waals surface area contributed by atoms with Crippen LogP contribution in [-0.4, -0.2) is 30.7 Å². The highest BCUT2D eigenvalue weighted by molar-refractivity contribution is 6.31. The van der Waals surface area contributed by atoms with Gasteiger partial charge in [0.1, 0.15) is 5.15 Å². The summed E-state index contributed by atoms with van der Waals surface area (Å²) in [5.74, 6) is 0. The quantitative estimate of drug-likeness (QED) is 0.810. The molecule has 0 aliphatic carbocycles. The molecule has 1 unspecified atom stereocenters. The molecule has 4 rings (SSSR count). The average molecular weight is 274 g/mol. The molecule has 1 atom stereocenters. The monoisotopic (exact) mass is 273 g/mol. The van der Waals surface area contributed by atoms with Crippen molar-refractivity contribution in [3.8, 4) is 0 Å². The second kappa shape index (κ2) is 4.36. The second-order valence-corrected chi connectivity index (χ2v) is 5.72. The van der Waals surface area contributed by atoms with E-state index in [9.17, 15) is 0 Å². The first-order valence-corrected chi connectivity index (χ1v) is 7.26. The van der Waals surface area contributed by atoms with Gasteiger partial charge in [0, 0.05) is 47.4 Å². The lowest BCUT2D eigenvalue weighted by atomic mass is 9.97. The predicted molar refractivity (Wildman–Crippen MR) is 79.1 cm³/mol. The van der Waals surface area contributed by atoms with Crippen LogP contribution in [0.1, 0.15) is 12.0 Å². The van der Waals surface area contributed by atoms with E-state index in [1.807, 2.05) is 6.20 Å². The number of benzene rings is 1. The molecule has 1 N–H and O–H groups in total. The van der Waals surface area contributed by atoms with Crippen molar-refractivity contribution in [1.29, 1.82) is 0 Å².